The molecule has 0 unspecified atom stereocenters. The lowest BCUT2D eigenvalue weighted by molar-refractivity contribution is 0.0213. The lowest BCUT2D eigenvalue weighted by Crippen LogP contribution is -2.42. The van der Waals surface area contributed by atoms with Gasteiger partial charge in [-0.15, -0.1) is 0 Å². The summed E-state index contributed by atoms with van der Waals surface area (Å²) < 4.78 is 21.1. The minimum atomic E-state index is -1.25. The first-order chi connectivity index (χ1) is 21.4. The van der Waals surface area contributed by atoms with Crippen molar-refractivity contribution in [3.63, 3.8) is 0 Å². The fourth-order valence-corrected chi connectivity index (χ4v) is 6.81. The number of ether oxygens (including phenoxy) is 3. The topological polar surface area (TPSA) is 109 Å². The molecule has 0 saturated heterocycles. The van der Waals surface area contributed by atoms with E-state index in [0.29, 0.717) is 72.2 Å². The summed E-state index contributed by atoms with van der Waals surface area (Å²) in [6, 6.07) is 9.46. The first-order valence-corrected chi connectivity index (χ1v) is 23.1. The molecule has 1 aromatic carbocycles. The third-order valence-electron chi connectivity index (χ3n) is 7.70. The van der Waals surface area contributed by atoms with Crippen molar-refractivity contribution < 1.29 is 19.0 Å². The van der Waals surface area contributed by atoms with E-state index in [-0.39, 0.29) is 12.6 Å². The molecule has 4 heterocycles. The molecule has 1 aliphatic rings. The number of hydrogen-bond acceptors (Lipinski definition) is 8. The van der Waals surface area contributed by atoms with E-state index in [4.69, 9.17) is 30.9 Å². The highest BCUT2D eigenvalue weighted by atomic mass is 35.5. The summed E-state index contributed by atoms with van der Waals surface area (Å²) in [5, 5.41) is 14.3. The van der Waals surface area contributed by atoms with Crippen LogP contribution in [0.15, 0.2) is 36.7 Å². The number of benzene rings is 1. The molecule has 5 rings (SSSR count). The zero-order valence-electron chi connectivity index (χ0n) is 27.3. The number of hydrogen-bond donors (Lipinski definition) is 1. The number of amides is 1. The molecule has 0 radical (unpaired) electrons. The maximum atomic E-state index is 14.0. The summed E-state index contributed by atoms with van der Waals surface area (Å²) in [4.78, 5) is 20.4. The van der Waals surface area contributed by atoms with Gasteiger partial charge < -0.3 is 24.4 Å². The SMILES string of the molecule is COc1c(Cl)cccc1Nc1c(-c2ccnc3c2cnn3COCC[Si](C)(C)C)nn2c1C(=O)N(COCC[Si](C)(C)C)CC2. The van der Waals surface area contributed by atoms with E-state index in [9.17, 15) is 4.79 Å². The van der Waals surface area contributed by atoms with Crippen LogP contribution >= 0.6 is 11.6 Å². The molecule has 0 aliphatic carbocycles. The molecule has 242 valence electrons. The van der Waals surface area contributed by atoms with Crippen LogP contribution in [0.4, 0.5) is 11.4 Å². The van der Waals surface area contributed by atoms with Crippen molar-refractivity contribution >= 4 is 56.1 Å². The maximum absolute atomic E-state index is 14.0. The fourth-order valence-electron chi connectivity index (χ4n) is 5.05. The first kappa shape index (κ1) is 33.1. The Morgan fingerprint density at radius 3 is 2.38 bits per heavy atom. The van der Waals surface area contributed by atoms with Gasteiger partial charge in [0.05, 0.1) is 36.2 Å². The van der Waals surface area contributed by atoms with Crippen molar-refractivity contribution in [3.05, 3.63) is 47.4 Å². The summed E-state index contributed by atoms with van der Waals surface area (Å²) >= 11 is 6.48. The molecule has 0 fully saturated rings. The number of nitrogens with one attached hydrogen (secondary N) is 1. The van der Waals surface area contributed by atoms with Crippen LogP contribution in [-0.2, 0) is 22.7 Å². The molecule has 1 aliphatic heterocycles. The van der Waals surface area contributed by atoms with Crippen molar-refractivity contribution in [2.45, 2.75) is 64.6 Å². The van der Waals surface area contributed by atoms with E-state index in [1.54, 1.807) is 39.8 Å². The minimum absolute atomic E-state index is 0.159. The van der Waals surface area contributed by atoms with E-state index in [2.05, 4.69) is 54.7 Å². The molecule has 0 spiro atoms. The first-order valence-electron chi connectivity index (χ1n) is 15.3. The number of aromatic nitrogens is 5. The highest BCUT2D eigenvalue weighted by Gasteiger charge is 2.33. The van der Waals surface area contributed by atoms with E-state index in [1.165, 1.54) is 0 Å². The number of nitrogens with zero attached hydrogens (tertiary/aromatic N) is 6. The predicted molar refractivity (Wildman–Crippen MR) is 184 cm³/mol. The number of para-hydroxylation sites is 1. The second-order valence-electron chi connectivity index (χ2n) is 13.7. The maximum Gasteiger partial charge on any atom is 0.276 e. The second kappa shape index (κ2) is 13.6. The van der Waals surface area contributed by atoms with Crippen LogP contribution in [0.5, 0.6) is 5.75 Å². The zero-order chi connectivity index (χ0) is 32.4. The Bertz CT molecular complexity index is 1660. The van der Waals surface area contributed by atoms with Gasteiger partial charge in [-0.3, -0.25) is 9.48 Å². The standard InChI is InChI=1S/C31H44ClN7O4Si2/c1-41-29-24(32)9-8-10-25(29)35-27-26(36-38-14-13-37(31(40)28(27)38)20-42-15-17-44(2,3)4)22-11-12-33-30-23(22)19-34-39(30)21-43-16-18-45(5,6)7/h8-12,19,35H,13-18,20-21H2,1-7H3. The fraction of sp³-hybridized carbons (Fsp3) is 0.484. The molecular formula is C31H44ClN7O4Si2. The molecule has 45 heavy (non-hydrogen) atoms. The summed E-state index contributed by atoms with van der Waals surface area (Å²) in [7, 11) is -0.894. The molecule has 1 amide bonds. The number of fused-ring (bicyclic) bond motifs is 2. The molecular weight excluding hydrogens is 626 g/mol. The summed E-state index contributed by atoms with van der Waals surface area (Å²) in [6.45, 7) is 16.8. The summed E-state index contributed by atoms with van der Waals surface area (Å²) in [5.41, 5.74) is 3.70. The van der Waals surface area contributed by atoms with Gasteiger partial charge in [-0.05, 0) is 30.3 Å². The van der Waals surface area contributed by atoms with E-state index < -0.39 is 16.1 Å². The van der Waals surface area contributed by atoms with Crippen LogP contribution in [-0.4, -0.2) is 85.1 Å². The van der Waals surface area contributed by atoms with Crippen LogP contribution in [0.3, 0.4) is 0 Å². The number of anilines is 2. The number of methoxy groups -OCH3 is 1. The zero-order valence-corrected chi connectivity index (χ0v) is 30.1. The van der Waals surface area contributed by atoms with Crippen LogP contribution in [0, 0.1) is 0 Å². The molecule has 1 N–H and O–H groups in total. The normalized spacial score (nSPS) is 13.9. The number of carbonyl (C=O) groups is 1. The van der Waals surface area contributed by atoms with E-state index >= 15 is 0 Å². The minimum Gasteiger partial charge on any atom is -0.493 e. The Morgan fingerprint density at radius 1 is 0.978 bits per heavy atom. The van der Waals surface area contributed by atoms with Gasteiger partial charge in [-0.2, -0.15) is 10.2 Å². The smallest absolute Gasteiger partial charge is 0.276 e. The van der Waals surface area contributed by atoms with Gasteiger partial charge in [0.25, 0.3) is 5.91 Å². The number of halogens is 1. The lowest BCUT2D eigenvalue weighted by atomic mass is 10.1. The molecule has 11 nitrogen and oxygen atoms in total. The average molecular weight is 670 g/mol. The van der Waals surface area contributed by atoms with Crippen molar-refractivity contribution in [3.8, 4) is 17.0 Å². The van der Waals surface area contributed by atoms with Crippen molar-refractivity contribution in [1.82, 2.24) is 29.4 Å². The van der Waals surface area contributed by atoms with E-state index in [0.717, 1.165) is 23.0 Å². The lowest BCUT2D eigenvalue weighted by Gasteiger charge is -2.28. The Hall–Kier alpha value is -3.24. The Labute approximate surface area is 271 Å². The molecule has 14 heteroatoms. The van der Waals surface area contributed by atoms with Gasteiger partial charge in [-0.25, -0.2) is 9.67 Å². The van der Waals surface area contributed by atoms with Crippen molar-refractivity contribution in [2.24, 2.45) is 0 Å². The number of carbonyl (C=O) groups excluding carboxylic acids is 1. The highest BCUT2D eigenvalue weighted by molar-refractivity contribution is 6.76. The Kier molecular flexibility index (Phi) is 10.0. The summed E-state index contributed by atoms with van der Waals surface area (Å²) in [5.74, 6) is 0.316. The van der Waals surface area contributed by atoms with Gasteiger partial charge >= 0.3 is 0 Å². The quantitative estimate of drug-likeness (QED) is 0.116. The van der Waals surface area contributed by atoms with Gasteiger partial charge in [0.2, 0.25) is 0 Å². The predicted octanol–water partition coefficient (Wildman–Crippen LogP) is 6.78. The average Bonchev–Trinajstić information content (AvgIpc) is 3.55. The van der Waals surface area contributed by atoms with Crippen LogP contribution in [0.25, 0.3) is 22.3 Å². The Morgan fingerprint density at radius 2 is 1.69 bits per heavy atom. The van der Waals surface area contributed by atoms with Gasteiger partial charge in [-0.1, -0.05) is 56.9 Å². The Balaban J connectivity index is 1.51. The van der Waals surface area contributed by atoms with Gasteiger partial charge in [0, 0.05) is 53.1 Å². The monoisotopic (exact) mass is 669 g/mol. The van der Waals surface area contributed by atoms with Crippen molar-refractivity contribution in [2.75, 3.05) is 38.9 Å². The molecule has 0 saturated carbocycles. The number of rotatable bonds is 14. The largest absolute Gasteiger partial charge is 0.493 e. The van der Waals surface area contributed by atoms with Gasteiger partial charge in [0.1, 0.15) is 19.2 Å². The number of pyridine rings is 1. The summed E-state index contributed by atoms with van der Waals surface area (Å²) in [6.07, 6.45) is 3.52. The molecule has 0 atom stereocenters. The second-order valence-corrected chi connectivity index (χ2v) is 25.4. The van der Waals surface area contributed by atoms with E-state index in [1.807, 2.05) is 18.2 Å². The molecule has 3 aromatic heterocycles. The van der Waals surface area contributed by atoms with Crippen LogP contribution in [0.1, 0.15) is 10.5 Å². The third-order valence-corrected chi connectivity index (χ3v) is 11.4. The third kappa shape index (κ3) is 7.77. The van der Waals surface area contributed by atoms with Crippen molar-refractivity contribution in [1.29, 1.82) is 0 Å². The van der Waals surface area contributed by atoms with Crippen LogP contribution in [0.2, 0.25) is 56.4 Å². The van der Waals surface area contributed by atoms with Gasteiger partial charge in [0.15, 0.2) is 17.1 Å². The highest BCUT2D eigenvalue weighted by Crippen LogP contribution is 2.41. The molecule has 4 aromatic rings. The van der Waals surface area contributed by atoms with Crippen LogP contribution < -0.4 is 10.1 Å². The molecule has 0 bridgehead atoms.